The van der Waals surface area contributed by atoms with Crippen LogP contribution < -0.4 is 10.1 Å². The van der Waals surface area contributed by atoms with E-state index in [0.717, 1.165) is 16.7 Å². The normalized spacial score (nSPS) is 14.7. The Morgan fingerprint density at radius 1 is 1.17 bits per heavy atom. The number of hydrogen-bond acceptors (Lipinski definition) is 7. The Balaban J connectivity index is 1.38. The molecule has 1 aliphatic rings. The summed E-state index contributed by atoms with van der Waals surface area (Å²) >= 11 is 1.30. The average Bonchev–Trinajstić information content (AvgIpc) is 3.31. The molecule has 1 aliphatic heterocycles. The van der Waals surface area contributed by atoms with E-state index < -0.39 is 10.0 Å². The lowest BCUT2D eigenvalue weighted by molar-refractivity contribution is -0.118. The SMILES string of the molecule is Cc1ccc(C(C)C)c(OCC(=O)Nc2nc(-c3ccc(S(=O)(=O)N4CCOCC4)cc3)cs2)c1. The molecule has 1 amide bonds. The smallest absolute Gasteiger partial charge is 0.264 e. The zero-order valence-electron chi connectivity index (χ0n) is 20.0. The summed E-state index contributed by atoms with van der Waals surface area (Å²) in [6.45, 7) is 7.54. The summed E-state index contributed by atoms with van der Waals surface area (Å²) in [6, 6.07) is 12.6. The molecule has 186 valence electrons. The number of aryl methyl sites for hydroxylation is 1. The van der Waals surface area contributed by atoms with E-state index in [9.17, 15) is 13.2 Å². The van der Waals surface area contributed by atoms with E-state index >= 15 is 0 Å². The molecule has 4 rings (SSSR count). The number of aromatic nitrogens is 1. The molecule has 0 bridgehead atoms. The highest BCUT2D eigenvalue weighted by Crippen LogP contribution is 2.29. The first-order valence-corrected chi connectivity index (χ1v) is 13.7. The standard InChI is InChI=1S/C25H29N3O5S2/c1-17(2)21-9-4-18(3)14-23(21)33-15-24(29)27-25-26-22(16-34-25)19-5-7-20(8-6-19)35(30,31)28-10-12-32-13-11-28/h4-9,14,16-17H,10-13,15H2,1-3H3,(H,26,27,29). The minimum atomic E-state index is -3.55. The van der Waals surface area contributed by atoms with Crippen LogP contribution in [0.3, 0.4) is 0 Å². The molecule has 0 unspecified atom stereocenters. The Labute approximate surface area is 210 Å². The van der Waals surface area contributed by atoms with Crippen LogP contribution in [0.15, 0.2) is 52.7 Å². The molecule has 3 aromatic rings. The summed E-state index contributed by atoms with van der Waals surface area (Å²) in [6.07, 6.45) is 0. The maximum absolute atomic E-state index is 12.8. The monoisotopic (exact) mass is 515 g/mol. The summed E-state index contributed by atoms with van der Waals surface area (Å²) in [4.78, 5) is 17.2. The van der Waals surface area contributed by atoms with Crippen molar-refractivity contribution in [1.29, 1.82) is 0 Å². The van der Waals surface area contributed by atoms with Crippen molar-refractivity contribution in [1.82, 2.24) is 9.29 Å². The van der Waals surface area contributed by atoms with Gasteiger partial charge in [0.15, 0.2) is 11.7 Å². The molecular weight excluding hydrogens is 486 g/mol. The van der Waals surface area contributed by atoms with E-state index in [1.165, 1.54) is 15.6 Å². The van der Waals surface area contributed by atoms with E-state index in [1.54, 1.807) is 24.3 Å². The molecule has 0 aliphatic carbocycles. The molecule has 1 saturated heterocycles. The van der Waals surface area contributed by atoms with Crippen molar-refractivity contribution in [3.8, 4) is 17.0 Å². The fourth-order valence-electron chi connectivity index (χ4n) is 3.74. The van der Waals surface area contributed by atoms with Crippen LogP contribution in [0.1, 0.15) is 30.9 Å². The second-order valence-electron chi connectivity index (χ2n) is 8.61. The van der Waals surface area contributed by atoms with Crippen LogP contribution in [0.25, 0.3) is 11.3 Å². The second-order valence-corrected chi connectivity index (χ2v) is 11.4. The number of ether oxygens (including phenoxy) is 2. The van der Waals surface area contributed by atoms with Gasteiger partial charge in [-0.1, -0.05) is 38.1 Å². The third-order valence-corrected chi connectivity index (χ3v) is 8.33. The maximum atomic E-state index is 12.8. The lowest BCUT2D eigenvalue weighted by atomic mass is 10.0. The van der Waals surface area contributed by atoms with Gasteiger partial charge in [0.25, 0.3) is 5.91 Å². The molecule has 0 spiro atoms. The Bertz CT molecular complexity index is 1280. The van der Waals surface area contributed by atoms with E-state index in [0.29, 0.717) is 42.9 Å². The highest BCUT2D eigenvalue weighted by atomic mass is 32.2. The molecule has 1 N–H and O–H groups in total. The molecule has 0 radical (unpaired) electrons. The molecule has 10 heteroatoms. The third kappa shape index (κ3) is 6.07. The van der Waals surface area contributed by atoms with Gasteiger partial charge in [0.1, 0.15) is 5.75 Å². The number of amides is 1. The second kappa shape index (κ2) is 10.9. The molecule has 0 saturated carbocycles. The summed E-state index contributed by atoms with van der Waals surface area (Å²) in [5, 5.41) is 5.04. The van der Waals surface area contributed by atoms with Crippen LogP contribution in [0.2, 0.25) is 0 Å². The largest absolute Gasteiger partial charge is 0.483 e. The lowest BCUT2D eigenvalue weighted by Gasteiger charge is -2.26. The van der Waals surface area contributed by atoms with Gasteiger partial charge in [0.05, 0.1) is 23.8 Å². The number of sulfonamides is 1. The number of carbonyl (C=O) groups excluding carboxylic acids is 1. The molecule has 2 heterocycles. The zero-order chi connectivity index (χ0) is 25.0. The first-order valence-electron chi connectivity index (χ1n) is 11.4. The van der Waals surface area contributed by atoms with Crippen LogP contribution in [0.5, 0.6) is 5.75 Å². The van der Waals surface area contributed by atoms with Gasteiger partial charge < -0.3 is 9.47 Å². The van der Waals surface area contributed by atoms with E-state index in [1.807, 2.05) is 30.5 Å². The van der Waals surface area contributed by atoms with Crippen molar-refractivity contribution >= 4 is 32.4 Å². The predicted molar refractivity (Wildman–Crippen MR) is 137 cm³/mol. The zero-order valence-corrected chi connectivity index (χ0v) is 21.6. The Hall–Kier alpha value is -2.79. The number of nitrogens with zero attached hydrogens (tertiary/aromatic N) is 2. The van der Waals surface area contributed by atoms with Gasteiger partial charge in [-0.15, -0.1) is 11.3 Å². The summed E-state index contributed by atoms with van der Waals surface area (Å²) in [5.74, 6) is 0.696. The number of rotatable bonds is 8. The molecule has 1 fully saturated rings. The van der Waals surface area contributed by atoms with E-state index in [4.69, 9.17) is 9.47 Å². The number of hydrogen-bond donors (Lipinski definition) is 1. The van der Waals surface area contributed by atoms with Crippen molar-refractivity contribution < 1.29 is 22.7 Å². The van der Waals surface area contributed by atoms with Gasteiger partial charge in [0, 0.05) is 24.0 Å². The van der Waals surface area contributed by atoms with Crippen LogP contribution in [0.4, 0.5) is 5.13 Å². The van der Waals surface area contributed by atoms with Gasteiger partial charge in [-0.2, -0.15) is 4.31 Å². The fourth-order valence-corrected chi connectivity index (χ4v) is 5.88. The first kappa shape index (κ1) is 25.3. The third-order valence-electron chi connectivity index (χ3n) is 5.66. The predicted octanol–water partition coefficient (Wildman–Crippen LogP) is 4.28. The van der Waals surface area contributed by atoms with E-state index in [2.05, 4.69) is 24.1 Å². The number of nitrogens with one attached hydrogen (secondary N) is 1. The molecular formula is C25H29N3O5S2. The van der Waals surface area contributed by atoms with Gasteiger partial charge in [-0.3, -0.25) is 10.1 Å². The molecule has 1 aromatic heterocycles. The molecule has 35 heavy (non-hydrogen) atoms. The molecule has 2 aromatic carbocycles. The van der Waals surface area contributed by atoms with Crippen LogP contribution in [0, 0.1) is 6.92 Å². The topological polar surface area (TPSA) is 97.8 Å². The van der Waals surface area contributed by atoms with Gasteiger partial charge in [-0.05, 0) is 42.2 Å². The highest BCUT2D eigenvalue weighted by molar-refractivity contribution is 7.89. The van der Waals surface area contributed by atoms with Crippen molar-refractivity contribution in [2.45, 2.75) is 31.6 Å². The average molecular weight is 516 g/mol. The number of benzene rings is 2. The number of carbonyl (C=O) groups is 1. The Morgan fingerprint density at radius 2 is 1.89 bits per heavy atom. The summed E-state index contributed by atoms with van der Waals surface area (Å²) < 4.78 is 38.1. The highest BCUT2D eigenvalue weighted by Gasteiger charge is 2.26. The lowest BCUT2D eigenvalue weighted by Crippen LogP contribution is -2.40. The molecule has 0 atom stereocenters. The number of thiazole rings is 1. The van der Waals surface area contributed by atoms with Crippen LogP contribution in [-0.2, 0) is 19.6 Å². The van der Waals surface area contributed by atoms with Gasteiger partial charge in [0.2, 0.25) is 10.0 Å². The summed E-state index contributed by atoms with van der Waals surface area (Å²) in [5.41, 5.74) is 3.54. The van der Waals surface area contributed by atoms with Crippen molar-refractivity contribution in [3.63, 3.8) is 0 Å². The minimum Gasteiger partial charge on any atom is -0.483 e. The fraction of sp³-hybridized carbons (Fsp3) is 0.360. The number of anilines is 1. The van der Waals surface area contributed by atoms with Crippen LogP contribution >= 0.6 is 11.3 Å². The van der Waals surface area contributed by atoms with Crippen LogP contribution in [-0.4, -0.2) is 56.5 Å². The van der Waals surface area contributed by atoms with Crippen molar-refractivity contribution in [3.05, 3.63) is 59.0 Å². The summed E-state index contributed by atoms with van der Waals surface area (Å²) in [7, 11) is -3.55. The van der Waals surface area contributed by atoms with Gasteiger partial charge >= 0.3 is 0 Å². The Morgan fingerprint density at radius 3 is 2.57 bits per heavy atom. The number of morpholine rings is 1. The molecule has 8 nitrogen and oxygen atoms in total. The van der Waals surface area contributed by atoms with E-state index in [-0.39, 0.29) is 23.3 Å². The Kier molecular flexibility index (Phi) is 7.85. The van der Waals surface area contributed by atoms with Crippen molar-refractivity contribution in [2.24, 2.45) is 0 Å². The van der Waals surface area contributed by atoms with Crippen molar-refractivity contribution in [2.75, 3.05) is 38.2 Å². The quantitative estimate of drug-likeness (QED) is 0.481. The maximum Gasteiger partial charge on any atom is 0.264 e. The first-order chi connectivity index (χ1) is 16.7. The van der Waals surface area contributed by atoms with Gasteiger partial charge in [-0.25, -0.2) is 13.4 Å². The minimum absolute atomic E-state index is 0.119.